The van der Waals surface area contributed by atoms with Crippen molar-refractivity contribution in [1.82, 2.24) is 4.31 Å². The first kappa shape index (κ1) is 21.7. The van der Waals surface area contributed by atoms with E-state index < -0.39 is 32.7 Å². The molecule has 0 bridgehead atoms. The average molecular weight is 504 g/mol. The van der Waals surface area contributed by atoms with Gasteiger partial charge < -0.3 is 4.74 Å². The molecule has 4 rings (SSSR count). The normalized spacial score (nSPS) is 16.5. The second-order valence-corrected chi connectivity index (χ2v) is 9.98. The number of esters is 1. The molecule has 5 nitrogen and oxygen atoms in total. The predicted octanol–water partition coefficient (Wildman–Crippen LogP) is 4.45. The van der Waals surface area contributed by atoms with Crippen molar-refractivity contribution in [3.8, 4) is 0 Å². The topological polar surface area (TPSA) is 63.7 Å². The lowest BCUT2D eigenvalue weighted by Crippen LogP contribution is -2.49. The average Bonchev–Trinajstić information content (AvgIpc) is 2.77. The van der Waals surface area contributed by atoms with Gasteiger partial charge in [0.2, 0.25) is 10.0 Å². The molecule has 1 atom stereocenters. The van der Waals surface area contributed by atoms with Gasteiger partial charge in [0, 0.05) is 17.4 Å². The zero-order valence-corrected chi connectivity index (χ0v) is 18.8. The minimum Gasteiger partial charge on any atom is -0.460 e. The number of rotatable bonds is 5. The zero-order valence-electron chi connectivity index (χ0n) is 16.4. The number of carbonyl (C=O) groups excluding carboxylic acids is 1. The molecular weight excluding hydrogens is 485 g/mol. The molecule has 3 aromatic carbocycles. The molecule has 0 spiro atoms. The molecule has 1 heterocycles. The Hall–Kier alpha value is -2.55. The van der Waals surface area contributed by atoms with Gasteiger partial charge in [-0.2, -0.15) is 4.31 Å². The first-order chi connectivity index (χ1) is 14.9. The summed E-state index contributed by atoms with van der Waals surface area (Å²) in [6, 6.07) is 18.7. The quantitative estimate of drug-likeness (QED) is 0.482. The summed E-state index contributed by atoms with van der Waals surface area (Å²) in [4.78, 5) is 12.5. The molecule has 0 aromatic heterocycles. The van der Waals surface area contributed by atoms with Crippen LogP contribution < -0.4 is 0 Å². The van der Waals surface area contributed by atoms with Gasteiger partial charge in [-0.1, -0.05) is 64.5 Å². The van der Waals surface area contributed by atoms with E-state index in [-0.39, 0.29) is 19.6 Å². The lowest BCUT2D eigenvalue weighted by Gasteiger charge is -2.34. The molecule has 0 radical (unpaired) electrons. The van der Waals surface area contributed by atoms with E-state index in [0.29, 0.717) is 0 Å². The fourth-order valence-electron chi connectivity index (χ4n) is 3.56. The van der Waals surface area contributed by atoms with E-state index in [9.17, 15) is 17.6 Å². The van der Waals surface area contributed by atoms with Crippen molar-refractivity contribution in [2.75, 3.05) is 0 Å². The fourth-order valence-corrected chi connectivity index (χ4v) is 5.45. The van der Waals surface area contributed by atoms with E-state index in [0.717, 1.165) is 31.5 Å². The van der Waals surface area contributed by atoms with E-state index in [1.54, 1.807) is 18.2 Å². The minimum atomic E-state index is -4.27. The maximum absolute atomic E-state index is 14.3. The molecule has 1 aliphatic heterocycles. The molecule has 0 saturated heterocycles. The standard InChI is InChI=1S/C23H19BrFNO4S/c24-19-11-9-16(10-12-19)15-30-23(27)21-13-17-5-1-2-6-18(17)14-26(21)31(28,29)22-8-4-3-7-20(22)25/h1-12,21H,13-15H2/t21-/m1/s1. The number of halogens is 2. The Morgan fingerprint density at radius 1 is 1.00 bits per heavy atom. The van der Waals surface area contributed by atoms with Gasteiger partial charge in [0.1, 0.15) is 23.4 Å². The summed E-state index contributed by atoms with van der Waals surface area (Å²) in [5.74, 6) is -1.53. The summed E-state index contributed by atoms with van der Waals surface area (Å²) in [6.07, 6.45) is 0.156. The van der Waals surface area contributed by atoms with Gasteiger partial charge >= 0.3 is 5.97 Å². The van der Waals surface area contributed by atoms with Crippen molar-refractivity contribution in [2.24, 2.45) is 0 Å². The van der Waals surface area contributed by atoms with Crippen LogP contribution in [-0.4, -0.2) is 24.7 Å². The van der Waals surface area contributed by atoms with Crippen LogP contribution in [0.3, 0.4) is 0 Å². The first-order valence-electron chi connectivity index (χ1n) is 9.60. The minimum absolute atomic E-state index is 0.0118. The molecule has 0 fully saturated rings. The fraction of sp³-hybridized carbons (Fsp3) is 0.174. The van der Waals surface area contributed by atoms with Gasteiger partial charge in [-0.05, 0) is 41.0 Å². The highest BCUT2D eigenvalue weighted by atomic mass is 79.9. The Morgan fingerprint density at radius 3 is 2.35 bits per heavy atom. The van der Waals surface area contributed by atoms with Crippen molar-refractivity contribution in [2.45, 2.75) is 30.5 Å². The molecule has 8 heteroatoms. The van der Waals surface area contributed by atoms with Crippen LogP contribution >= 0.6 is 15.9 Å². The van der Waals surface area contributed by atoms with Gasteiger partial charge in [-0.3, -0.25) is 4.79 Å². The van der Waals surface area contributed by atoms with Gasteiger partial charge in [0.15, 0.2) is 0 Å². The number of fused-ring (bicyclic) bond motifs is 1. The Bertz CT molecular complexity index is 1210. The molecular formula is C23H19BrFNO4S. The third-order valence-corrected chi connectivity index (χ3v) is 7.61. The van der Waals surface area contributed by atoms with E-state index in [4.69, 9.17) is 4.74 Å². The number of carbonyl (C=O) groups is 1. The number of hydrogen-bond donors (Lipinski definition) is 0. The summed E-state index contributed by atoms with van der Waals surface area (Å²) in [5.41, 5.74) is 2.42. The second-order valence-electron chi connectivity index (χ2n) is 7.20. The van der Waals surface area contributed by atoms with Crippen LogP contribution in [0, 0.1) is 5.82 Å². The van der Waals surface area contributed by atoms with Crippen molar-refractivity contribution in [3.05, 3.63) is 99.8 Å². The molecule has 160 valence electrons. The molecule has 1 aliphatic rings. The molecule has 0 unspecified atom stereocenters. The van der Waals surface area contributed by atoms with Gasteiger partial charge in [-0.25, -0.2) is 12.8 Å². The summed E-state index contributed by atoms with van der Waals surface area (Å²) in [7, 11) is -4.27. The number of sulfonamides is 1. The molecule has 0 N–H and O–H groups in total. The molecule has 3 aromatic rings. The summed E-state index contributed by atoms with van der Waals surface area (Å²) >= 11 is 3.35. The van der Waals surface area contributed by atoms with E-state index in [1.165, 1.54) is 18.2 Å². The zero-order chi connectivity index (χ0) is 22.0. The summed E-state index contributed by atoms with van der Waals surface area (Å²) in [6.45, 7) is -0.0251. The van der Waals surface area contributed by atoms with E-state index >= 15 is 0 Å². The molecule has 0 aliphatic carbocycles. The Labute approximate surface area is 188 Å². The van der Waals surface area contributed by atoms with Crippen LogP contribution in [0.15, 0.2) is 82.2 Å². The highest BCUT2D eigenvalue weighted by molar-refractivity contribution is 9.10. The van der Waals surface area contributed by atoms with Crippen molar-refractivity contribution >= 4 is 31.9 Å². The predicted molar refractivity (Wildman–Crippen MR) is 117 cm³/mol. The van der Waals surface area contributed by atoms with Gasteiger partial charge in [0.25, 0.3) is 0 Å². The van der Waals surface area contributed by atoms with Crippen LogP contribution in [-0.2, 0) is 39.1 Å². The van der Waals surface area contributed by atoms with Crippen LogP contribution in [0.5, 0.6) is 0 Å². The Balaban J connectivity index is 1.65. The van der Waals surface area contributed by atoms with E-state index in [2.05, 4.69) is 15.9 Å². The van der Waals surface area contributed by atoms with Crippen LogP contribution in [0.25, 0.3) is 0 Å². The highest BCUT2D eigenvalue weighted by Crippen LogP contribution is 2.30. The summed E-state index contributed by atoms with van der Waals surface area (Å²) < 4.78 is 48.4. The third kappa shape index (κ3) is 4.56. The Morgan fingerprint density at radius 2 is 1.65 bits per heavy atom. The van der Waals surface area contributed by atoms with Crippen LogP contribution in [0.2, 0.25) is 0 Å². The van der Waals surface area contributed by atoms with Crippen LogP contribution in [0.1, 0.15) is 16.7 Å². The second kappa shape index (κ2) is 8.90. The summed E-state index contributed by atoms with van der Waals surface area (Å²) in [5, 5.41) is 0. The first-order valence-corrected chi connectivity index (χ1v) is 11.8. The maximum atomic E-state index is 14.3. The maximum Gasteiger partial charge on any atom is 0.325 e. The van der Waals surface area contributed by atoms with Crippen molar-refractivity contribution in [1.29, 1.82) is 0 Å². The van der Waals surface area contributed by atoms with Crippen molar-refractivity contribution in [3.63, 3.8) is 0 Å². The van der Waals surface area contributed by atoms with E-state index in [1.807, 2.05) is 30.3 Å². The molecule has 0 saturated carbocycles. The third-order valence-electron chi connectivity index (χ3n) is 5.20. The van der Waals surface area contributed by atoms with Gasteiger partial charge in [-0.15, -0.1) is 0 Å². The number of nitrogens with zero attached hydrogens (tertiary/aromatic N) is 1. The highest BCUT2D eigenvalue weighted by Gasteiger charge is 2.41. The smallest absolute Gasteiger partial charge is 0.325 e. The van der Waals surface area contributed by atoms with Gasteiger partial charge in [0.05, 0.1) is 0 Å². The number of ether oxygens (including phenoxy) is 1. The number of hydrogen-bond acceptors (Lipinski definition) is 4. The molecule has 31 heavy (non-hydrogen) atoms. The largest absolute Gasteiger partial charge is 0.460 e. The monoisotopic (exact) mass is 503 g/mol. The Kier molecular flexibility index (Phi) is 6.22. The lowest BCUT2D eigenvalue weighted by molar-refractivity contribution is -0.150. The van der Waals surface area contributed by atoms with Crippen molar-refractivity contribution < 1.29 is 22.3 Å². The van der Waals surface area contributed by atoms with Crippen LogP contribution in [0.4, 0.5) is 4.39 Å². The SMILES string of the molecule is O=C(OCc1ccc(Br)cc1)[C@H]1Cc2ccccc2CN1S(=O)(=O)c1ccccc1F. The lowest BCUT2D eigenvalue weighted by atomic mass is 9.96. The molecule has 0 amide bonds. The number of benzene rings is 3.